The highest BCUT2D eigenvalue weighted by atomic mass is 16.5. The van der Waals surface area contributed by atoms with Crippen LogP contribution in [0.15, 0.2) is 24.3 Å². The molecule has 0 N–H and O–H groups in total. The lowest BCUT2D eigenvalue weighted by Crippen LogP contribution is -2.04. The Labute approximate surface area is 81.9 Å². The molecule has 1 aliphatic rings. The molecule has 0 atom stereocenters. The van der Waals surface area contributed by atoms with Crippen LogP contribution in [0, 0.1) is 0 Å². The first kappa shape index (κ1) is 8.81. The van der Waals surface area contributed by atoms with Crippen LogP contribution >= 0.6 is 0 Å². The maximum Gasteiger partial charge on any atom is 0.337 e. The second-order valence-electron chi connectivity index (χ2n) is 2.96. The number of carbonyl (C=O) groups excluding carboxylic acids is 1. The number of benzene rings is 1. The van der Waals surface area contributed by atoms with Gasteiger partial charge in [0.15, 0.2) is 0 Å². The Bertz CT molecular complexity index is 394. The predicted octanol–water partition coefficient (Wildman–Crippen LogP) is 1.88. The molecule has 14 heavy (non-hydrogen) atoms. The summed E-state index contributed by atoms with van der Waals surface area (Å²) < 4.78 is 9.98. The van der Waals surface area contributed by atoms with E-state index in [4.69, 9.17) is 4.74 Å². The molecule has 2 rings (SSSR count). The zero-order valence-corrected chi connectivity index (χ0v) is 7.82. The van der Waals surface area contributed by atoms with Crippen LogP contribution in [0.3, 0.4) is 0 Å². The van der Waals surface area contributed by atoms with Gasteiger partial charge in [-0.3, -0.25) is 0 Å². The molecule has 1 aliphatic heterocycles. The number of rotatable bonds is 1. The van der Waals surface area contributed by atoms with Gasteiger partial charge in [0.1, 0.15) is 12.4 Å². The topological polar surface area (TPSA) is 35.5 Å². The van der Waals surface area contributed by atoms with Crippen LogP contribution in [0.2, 0.25) is 0 Å². The fourth-order valence-electron chi connectivity index (χ4n) is 1.37. The number of esters is 1. The molecule has 0 unspecified atom stereocenters. The van der Waals surface area contributed by atoms with E-state index in [0.717, 1.165) is 11.3 Å². The zero-order valence-electron chi connectivity index (χ0n) is 7.82. The molecule has 72 valence electrons. The summed E-state index contributed by atoms with van der Waals surface area (Å²) in [5.41, 5.74) is 1.46. The molecule has 0 aromatic heterocycles. The van der Waals surface area contributed by atoms with Crippen LogP contribution in [0.1, 0.15) is 15.9 Å². The van der Waals surface area contributed by atoms with Gasteiger partial charge in [-0.15, -0.1) is 0 Å². The molecule has 1 heterocycles. The van der Waals surface area contributed by atoms with Crippen molar-refractivity contribution < 1.29 is 14.3 Å². The average Bonchev–Trinajstić information content (AvgIpc) is 2.27. The van der Waals surface area contributed by atoms with Crippen molar-refractivity contribution in [1.82, 2.24) is 0 Å². The third-order valence-corrected chi connectivity index (χ3v) is 2.06. The molecule has 0 bridgehead atoms. The van der Waals surface area contributed by atoms with Crippen molar-refractivity contribution in [2.24, 2.45) is 0 Å². The first-order valence-electron chi connectivity index (χ1n) is 4.33. The minimum Gasteiger partial charge on any atom is -0.489 e. The van der Waals surface area contributed by atoms with E-state index in [0.29, 0.717) is 12.2 Å². The normalized spacial score (nSPS) is 12.9. The highest BCUT2D eigenvalue weighted by molar-refractivity contribution is 5.90. The fraction of sp³-hybridized carbons (Fsp3) is 0.182. The Hall–Kier alpha value is -1.77. The minimum absolute atomic E-state index is 0.327. The summed E-state index contributed by atoms with van der Waals surface area (Å²) >= 11 is 0. The third kappa shape index (κ3) is 1.48. The minimum atomic E-state index is -0.327. The summed E-state index contributed by atoms with van der Waals surface area (Å²) in [5.74, 6) is 0.479. The van der Waals surface area contributed by atoms with Crippen LogP contribution in [0.25, 0.3) is 6.08 Å². The largest absolute Gasteiger partial charge is 0.489 e. The van der Waals surface area contributed by atoms with Gasteiger partial charge in [0.2, 0.25) is 0 Å². The molecular formula is C11H10O3. The molecule has 0 radical (unpaired) electrons. The van der Waals surface area contributed by atoms with E-state index in [2.05, 4.69) is 4.74 Å². The van der Waals surface area contributed by atoms with E-state index in [1.54, 1.807) is 18.2 Å². The van der Waals surface area contributed by atoms with Crippen molar-refractivity contribution in [3.05, 3.63) is 35.4 Å². The van der Waals surface area contributed by atoms with Gasteiger partial charge in [-0.1, -0.05) is 6.08 Å². The van der Waals surface area contributed by atoms with Crippen LogP contribution in [-0.2, 0) is 4.74 Å². The molecule has 0 amide bonds. The van der Waals surface area contributed by atoms with Crippen molar-refractivity contribution in [2.45, 2.75) is 0 Å². The molecule has 0 aliphatic carbocycles. The van der Waals surface area contributed by atoms with Gasteiger partial charge < -0.3 is 9.47 Å². The van der Waals surface area contributed by atoms with E-state index in [1.807, 2.05) is 12.2 Å². The summed E-state index contributed by atoms with van der Waals surface area (Å²) in [4.78, 5) is 11.2. The first-order chi connectivity index (χ1) is 6.81. The Morgan fingerprint density at radius 3 is 3.14 bits per heavy atom. The Morgan fingerprint density at radius 2 is 2.36 bits per heavy atom. The van der Waals surface area contributed by atoms with Crippen molar-refractivity contribution in [2.75, 3.05) is 13.7 Å². The molecule has 1 aromatic carbocycles. The van der Waals surface area contributed by atoms with Crippen LogP contribution in [0.4, 0.5) is 0 Å². The number of ether oxygens (including phenoxy) is 2. The van der Waals surface area contributed by atoms with E-state index in [9.17, 15) is 4.79 Å². The zero-order chi connectivity index (χ0) is 9.97. The molecule has 1 aromatic rings. The second kappa shape index (κ2) is 3.54. The summed E-state index contributed by atoms with van der Waals surface area (Å²) in [6.45, 7) is 0.588. The van der Waals surface area contributed by atoms with Crippen molar-refractivity contribution in [1.29, 1.82) is 0 Å². The van der Waals surface area contributed by atoms with Gasteiger partial charge in [0, 0.05) is 5.56 Å². The van der Waals surface area contributed by atoms with Crippen LogP contribution in [0.5, 0.6) is 5.75 Å². The maximum absolute atomic E-state index is 11.2. The maximum atomic E-state index is 11.2. The molecule has 0 fully saturated rings. The fourth-order valence-corrected chi connectivity index (χ4v) is 1.37. The molecule has 0 saturated heterocycles. The third-order valence-electron chi connectivity index (χ3n) is 2.06. The molecule has 0 saturated carbocycles. The van der Waals surface area contributed by atoms with Crippen molar-refractivity contribution in [3.63, 3.8) is 0 Å². The molecule has 0 spiro atoms. The average molecular weight is 190 g/mol. The first-order valence-corrected chi connectivity index (χ1v) is 4.33. The Morgan fingerprint density at radius 1 is 1.50 bits per heavy atom. The number of carbonyl (C=O) groups is 1. The Balaban J connectivity index is 2.40. The summed E-state index contributed by atoms with van der Waals surface area (Å²) in [5, 5.41) is 0. The smallest absolute Gasteiger partial charge is 0.337 e. The van der Waals surface area contributed by atoms with E-state index >= 15 is 0 Å². The van der Waals surface area contributed by atoms with Crippen molar-refractivity contribution in [3.8, 4) is 5.75 Å². The quantitative estimate of drug-likeness (QED) is 0.634. The van der Waals surface area contributed by atoms with E-state index < -0.39 is 0 Å². The molecule has 3 nitrogen and oxygen atoms in total. The van der Waals surface area contributed by atoms with Gasteiger partial charge in [-0.25, -0.2) is 4.79 Å². The summed E-state index contributed by atoms with van der Waals surface area (Å²) in [6.07, 6.45) is 3.84. The monoisotopic (exact) mass is 190 g/mol. The number of methoxy groups -OCH3 is 1. The summed E-state index contributed by atoms with van der Waals surface area (Å²) in [7, 11) is 1.37. The lowest BCUT2D eigenvalue weighted by atomic mass is 10.1. The summed E-state index contributed by atoms with van der Waals surface area (Å²) in [6, 6.07) is 5.24. The lowest BCUT2D eigenvalue weighted by molar-refractivity contribution is 0.0600. The van der Waals surface area contributed by atoms with Crippen LogP contribution < -0.4 is 4.74 Å². The predicted molar refractivity (Wildman–Crippen MR) is 52.3 cm³/mol. The van der Waals surface area contributed by atoms with E-state index in [-0.39, 0.29) is 5.97 Å². The SMILES string of the molecule is COC(=O)c1ccc2c(c1)C=CCO2. The number of fused-ring (bicyclic) bond motifs is 1. The highest BCUT2D eigenvalue weighted by Crippen LogP contribution is 2.24. The van der Waals surface area contributed by atoms with Gasteiger partial charge in [0.25, 0.3) is 0 Å². The second-order valence-corrected chi connectivity index (χ2v) is 2.96. The van der Waals surface area contributed by atoms with Gasteiger partial charge in [-0.2, -0.15) is 0 Å². The molecule has 3 heteroatoms. The van der Waals surface area contributed by atoms with Crippen LogP contribution in [-0.4, -0.2) is 19.7 Å². The van der Waals surface area contributed by atoms with Crippen molar-refractivity contribution >= 4 is 12.0 Å². The highest BCUT2D eigenvalue weighted by Gasteiger charge is 2.10. The standard InChI is InChI=1S/C11H10O3/c1-13-11(12)9-4-5-10-8(7-9)3-2-6-14-10/h2-5,7H,6H2,1H3. The van der Waals surface area contributed by atoms with Gasteiger partial charge >= 0.3 is 5.97 Å². The van der Waals surface area contributed by atoms with Gasteiger partial charge in [0.05, 0.1) is 12.7 Å². The molecular weight excluding hydrogens is 180 g/mol. The van der Waals surface area contributed by atoms with E-state index in [1.165, 1.54) is 7.11 Å². The lowest BCUT2D eigenvalue weighted by Gasteiger charge is -2.12. The van der Waals surface area contributed by atoms with Gasteiger partial charge in [-0.05, 0) is 24.3 Å². The Kier molecular flexibility index (Phi) is 2.23. The number of hydrogen-bond donors (Lipinski definition) is 0. The number of hydrogen-bond acceptors (Lipinski definition) is 3.